The normalized spacial score (nSPS) is 15.7. The van der Waals surface area contributed by atoms with Crippen molar-refractivity contribution in [3.8, 4) is 0 Å². The van der Waals surface area contributed by atoms with Gasteiger partial charge >= 0.3 is 0 Å². The lowest BCUT2D eigenvalue weighted by atomic mass is 10.1. The monoisotopic (exact) mass is 183 g/mol. The van der Waals surface area contributed by atoms with Crippen LogP contribution in [-0.4, -0.2) is 12.5 Å². The number of carbonyl (C=O) groups is 1. The van der Waals surface area contributed by atoms with E-state index >= 15 is 0 Å². The Kier molecular flexibility index (Phi) is 1.86. The van der Waals surface area contributed by atoms with Crippen LogP contribution in [0.4, 0.5) is 0 Å². The number of nitrogens with two attached hydrogens (primary N) is 1. The number of carboxylic acid groups (broad SMARTS) is 1. The van der Waals surface area contributed by atoms with Crippen molar-refractivity contribution in [3.63, 3.8) is 0 Å². The molecule has 2 rings (SSSR count). The van der Waals surface area contributed by atoms with Gasteiger partial charge in [-0.3, -0.25) is 0 Å². The Balaban J connectivity index is 2.44. The van der Waals surface area contributed by atoms with Crippen LogP contribution in [0.15, 0.2) is 5.38 Å². The molecule has 2 N–H and O–H groups in total. The molecule has 1 aliphatic rings. The number of rotatable bonds is 1. The first kappa shape index (κ1) is 7.76. The highest BCUT2D eigenvalue weighted by atomic mass is 32.1. The summed E-state index contributed by atoms with van der Waals surface area (Å²) in [6.07, 6.45) is 0.863. The first-order valence-corrected chi connectivity index (χ1v) is 4.79. The minimum absolute atomic E-state index is 0.406. The number of hydrogen-bond acceptors (Lipinski definition) is 3. The fourth-order valence-corrected chi connectivity index (χ4v) is 2.59. The molecule has 3 nitrogen and oxygen atoms in total. The molecule has 0 saturated heterocycles. The van der Waals surface area contributed by atoms with Gasteiger partial charge in [-0.15, -0.1) is 11.3 Å². The Bertz CT molecular complexity index is 319. The first-order chi connectivity index (χ1) is 5.79. The summed E-state index contributed by atoms with van der Waals surface area (Å²) in [7, 11) is 0. The summed E-state index contributed by atoms with van der Waals surface area (Å²) in [4.78, 5) is 11.8. The van der Waals surface area contributed by atoms with Crippen molar-refractivity contribution in [1.82, 2.24) is 0 Å². The van der Waals surface area contributed by atoms with Crippen LogP contribution in [0.1, 0.15) is 20.8 Å². The topological polar surface area (TPSA) is 56.7 Å². The van der Waals surface area contributed by atoms with Gasteiger partial charge in [-0.05, 0) is 5.56 Å². The third kappa shape index (κ3) is 1.13. The molecule has 1 aromatic heterocycles. The summed E-state index contributed by atoms with van der Waals surface area (Å²) < 4.78 is 0. The summed E-state index contributed by atoms with van der Waals surface area (Å²) in [5.74, 6) is -1.03. The fourth-order valence-electron chi connectivity index (χ4n) is 1.52. The molecule has 0 bridgehead atoms. The van der Waals surface area contributed by atoms with Gasteiger partial charge in [0.2, 0.25) is 0 Å². The van der Waals surface area contributed by atoms with Crippen LogP contribution in [0.2, 0.25) is 0 Å². The predicted molar refractivity (Wildman–Crippen MR) is 42.8 cm³/mol. The van der Waals surface area contributed by atoms with E-state index in [0.717, 1.165) is 25.1 Å². The Morgan fingerprint density at radius 3 is 3.25 bits per heavy atom. The molecule has 12 heavy (non-hydrogen) atoms. The number of hydrogen-bond donors (Lipinski definition) is 1. The molecular formula is C8H9NO2S. The lowest BCUT2D eigenvalue weighted by molar-refractivity contribution is -0.672. The third-order valence-electron chi connectivity index (χ3n) is 2.13. The van der Waals surface area contributed by atoms with Gasteiger partial charge in [0.15, 0.2) is 0 Å². The summed E-state index contributed by atoms with van der Waals surface area (Å²) in [5, 5.41) is 14.5. The molecule has 0 unspecified atom stereocenters. The van der Waals surface area contributed by atoms with E-state index in [-0.39, 0.29) is 0 Å². The number of carbonyl (C=O) groups excluding carboxylic acids is 1. The largest absolute Gasteiger partial charge is 0.545 e. The molecule has 4 heteroatoms. The molecule has 64 valence electrons. The fraction of sp³-hybridized carbons (Fsp3) is 0.375. The minimum Gasteiger partial charge on any atom is -0.545 e. The Morgan fingerprint density at radius 1 is 1.67 bits per heavy atom. The lowest BCUT2D eigenvalue weighted by Crippen LogP contribution is -2.84. The highest BCUT2D eigenvalue weighted by Crippen LogP contribution is 2.23. The molecule has 0 saturated carbocycles. The number of fused-ring (bicyclic) bond motifs is 1. The van der Waals surface area contributed by atoms with Crippen LogP contribution in [0.3, 0.4) is 0 Å². The smallest absolute Gasteiger partial charge is 0.111 e. The zero-order valence-electron chi connectivity index (χ0n) is 6.50. The summed E-state index contributed by atoms with van der Waals surface area (Å²) >= 11 is 1.53. The van der Waals surface area contributed by atoms with Crippen molar-refractivity contribution in [1.29, 1.82) is 0 Å². The summed E-state index contributed by atoms with van der Waals surface area (Å²) in [6.45, 7) is 1.91. The quantitative estimate of drug-likeness (QED) is 0.590. The second kappa shape index (κ2) is 2.88. The maximum Gasteiger partial charge on any atom is 0.111 e. The van der Waals surface area contributed by atoms with Gasteiger partial charge in [-0.2, -0.15) is 0 Å². The van der Waals surface area contributed by atoms with Crippen molar-refractivity contribution in [2.75, 3.05) is 6.54 Å². The average molecular weight is 183 g/mol. The van der Waals surface area contributed by atoms with Crippen molar-refractivity contribution in [3.05, 3.63) is 21.4 Å². The number of thiophene rings is 1. The first-order valence-electron chi connectivity index (χ1n) is 3.91. The Labute approximate surface area is 74.0 Å². The van der Waals surface area contributed by atoms with Crippen LogP contribution in [-0.2, 0) is 13.0 Å². The second-order valence-corrected chi connectivity index (χ2v) is 3.83. The molecule has 0 aliphatic carbocycles. The number of carboxylic acids is 1. The van der Waals surface area contributed by atoms with E-state index in [9.17, 15) is 9.90 Å². The maximum atomic E-state index is 10.6. The number of aromatic carboxylic acids is 1. The van der Waals surface area contributed by atoms with Crippen LogP contribution in [0, 0.1) is 0 Å². The molecule has 0 fully saturated rings. The van der Waals surface area contributed by atoms with Gasteiger partial charge in [-0.25, -0.2) is 0 Å². The van der Waals surface area contributed by atoms with Crippen molar-refractivity contribution in [2.45, 2.75) is 13.0 Å². The molecule has 1 aromatic rings. The van der Waals surface area contributed by atoms with E-state index in [4.69, 9.17) is 0 Å². The van der Waals surface area contributed by atoms with Gasteiger partial charge in [0, 0.05) is 17.4 Å². The molecule has 0 spiro atoms. The molecule has 0 atom stereocenters. The highest BCUT2D eigenvalue weighted by Gasteiger charge is 2.17. The molecule has 1 aliphatic heterocycles. The zero-order valence-corrected chi connectivity index (χ0v) is 7.32. The number of quaternary nitrogens is 1. The van der Waals surface area contributed by atoms with Crippen molar-refractivity contribution >= 4 is 17.3 Å². The highest BCUT2D eigenvalue weighted by molar-refractivity contribution is 7.10. The van der Waals surface area contributed by atoms with Gasteiger partial charge in [-0.1, -0.05) is 0 Å². The Morgan fingerprint density at radius 2 is 2.50 bits per heavy atom. The van der Waals surface area contributed by atoms with Crippen LogP contribution in [0.25, 0.3) is 0 Å². The molecule has 0 aromatic carbocycles. The van der Waals surface area contributed by atoms with E-state index in [1.54, 1.807) is 5.38 Å². The second-order valence-electron chi connectivity index (χ2n) is 2.87. The van der Waals surface area contributed by atoms with E-state index in [1.807, 2.05) is 0 Å². The predicted octanol–water partition coefficient (Wildman–Crippen LogP) is -1.27. The maximum absolute atomic E-state index is 10.6. The van der Waals surface area contributed by atoms with E-state index in [1.165, 1.54) is 16.2 Å². The van der Waals surface area contributed by atoms with Crippen molar-refractivity contribution in [2.24, 2.45) is 0 Å². The van der Waals surface area contributed by atoms with Gasteiger partial charge in [0.05, 0.1) is 17.4 Å². The minimum atomic E-state index is -1.03. The van der Waals surface area contributed by atoms with Gasteiger partial charge in [0.25, 0.3) is 0 Å². The standard InChI is InChI=1S/C8H9NO2S/c10-8(11)6-4-12-7-3-9-2-1-5(6)7/h4,9H,1-3H2,(H,10,11). The zero-order chi connectivity index (χ0) is 8.55. The summed E-state index contributed by atoms with van der Waals surface area (Å²) in [6, 6.07) is 0. The Hall–Kier alpha value is -0.870. The van der Waals surface area contributed by atoms with E-state index in [2.05, 4.69) is 5.32 Å². The van der Waals surface area contributed by atoms with Crippen LogP contribution >= 0.6 is 11.3 Å². The van der Waals surface area contributed by atoms with Gasteiger partial charge < -0.3 is 15.2 Å². The van der Waals surface area contributed by atoms with Gasteiger partial charge in [0.1, 0.15) is 6.54 Å². The molecular weight excluding hydrogens is 174 g/mol. The van der Waals surface area contributed by atoms with Crippen LogP contribution < -0.4 is 10.4 Å². The average Bonchev–Trinajstić information content (AvgIpc) is 2.47. The molecule has 0 amide bonds. The SMILES string of the molecule is O=C([O-])c1csc2c1CC[NH2+]C2. The van der Waals surface area contributed by atoms with E-state index in [0.29, 0.717) is 5.56 Å². The third-order valence-corrected chi connectivity index (χ3v) is 3.18. The van der Waals surface area contributed by atoms with E-state index < -0.39 is 5.97 Å². The molecule has 0 radical (unpaired) electrons. The van der Waals surface area contributed by atoms with Crippen molar-refractivity contribution < 1.29 is 15.2 Å². The van der Waals surface area contributed by atoms with Crippen LogP contribution in [0.5, 0.6) is 0 Å². The lowest BCUT2D eigenvalue weighted by Gasteiger charge is -2.11. The molecule has 2 heterocycles. The summed E-state index contributed by atoms with van der Waals surface area (Å²) in [5.41, 5.74) is 1.41.